The fourth-order valence-corrected chi connectivity index (χ4v) is 0.853. The van der Waals surface area contributed by atoms with Crippen LogP contribution < -0.4 is 0 Å². The van der Waals surface area contributed by atoms with Crippen LogP contribution in [0.15, 0.2) is 0 Å². The first kappa shape index (κ1) is 9.76. The lowest BCUT2D eigenvalue weighted by Crippen LogP contribution is -1.91. The van der Waals surface area contributed by atoms with Crippen molar-refractivity contribution in [3.8, 4) is 0 Å². The molecule has 0 heterocycles. The SMILES string of the molecule is O=[C]OCCCCCCCl. The van der Waals surface area contributed by atoms with Crippen LogP contribution in [0.25, 0.3) is 0 Å². The highest BCUT2D eigenvalue weighted by Gasteiger charge is 1.88. The first-order chi connectivity index (χ1) is 4.91. The van der Waals surface area contributed by atoms with E-state index in [-0.39, 0.29) is 0 Å². The molecule has 0 fully saturated rings. The van der Waals surface area contributed by atoms with Crippen molar-refractivity contribution in [1.82, 2.24) is 0 Å². The second-order valence-corrected chi connectivity index (χ2v) is 2.41. The van der Waals surface area contributed by atoms with E-state index in [0.717, 1.165) is 31.6 Å². The van der Waals surface area contributed by atoms with Gasteiger partial charge in [-0.15, -0.1) is 11.6 Å². The zero-order valence-electron chi connectivity index (χ0n) is 5.94. The van der Waals surface area contributed by atoms with Gasteiger partial charge in [-0.25, -0.2) is 4.79 Å². The second kappa shape index (κ2) is 8.76. The third-order valence-corrected chi connectivity index (χ3v) is 1.46. The summed E-state index contributed by atoms with van der Waals surface area (Å²) in [6.45, 7) is 1.87. The molecule has 0 aliphatic rings. The van der Waals surface area contributed by atoms with Crippen LogP contribution in [-0.2, 0) is 9.53 Å². The van der Waals surface area contributed by atoms with Crippen molar-refractivity contribution in [2.45, 2.75) is 25.7 Å². The summed E-state index contributed by atoms with van der Waals surface area (Å²) in [5.41, 5.74) is 0. The first-order valence-electron chi connectivity index (χ1n) is 3.46. The predicted molar refractivity (Wildman–Crippen MR) is 40.8 cm³/mol. The van der Waals surface area contributed by atoms with Gasteiger partial charge in [-0.1, -0.05) is 12.8 Å². The van der Waals surface area contributed by atoms with Crippen LogP contribution in [0.5, 0.6) is 0 Å². The number of alkyl halides is 1. The summed E-state index contributed by atoms with van der Waals surface area (Å²) < 4.78 is 4.38. The summed E-state index contributed by atoms with van der Waals surface area (Å²) in [5.74, 6) is 0.723. The van der Waals surface area contributed by atoms with Crippen LogP contribution in [0, 0.1) is 0 Å². The van der Waals surface area contributed by atoms with Gasteiger partial charge in [0.05, 0.1) is 6.61 Å². The molecule has 10 heavy (non-hydrogen) atoms. The van der Waals surface area contributed by atoms with Gasteiger partial charge in [-0.2, -0.15) is 0 Å². The van der Waals surface area contributed by atoms with Gasteiger partial charge in [-0.05, 0) is 12.8 Å². The van der Waals surface area contributed by atoms with Crippen molar-refractivity contribution in [3.63, 3.8) is 0 Å². The predicted octanol–water partition coefficient (Wildman–Crippen LogP) is 1.87. The monoisotopic (exact) mass is 163 g/mol. The Morgan fingerprint density at radius 3 is 2.50 bits per heavy atom. The number of carbonyl (C=O) groups excluding carboxylic acids is 1. The molecule has 0 amide bonds. The lowest BCUT2D eigenvalue weighted by molar-refractivity contribution is 0.269. The minimum atomic E-state index is 0.492. The van der Waals surface area contributed by atoms with Crippen LogP contribution in [0.2, 0.25) is 0 Å². The molecule has 0 saturated heterocycles. The number of halogens is 1. The van der Waals surface area contributed by atoms with Gasteiger partial charge in [-0.3, -0.25) is 0 Å². The molecule has 0 rings (SSSR count). The average molecular weight is 164 g/mol. The molecule has 0 aliphatic carbocycles. The third kappa shape index (κ3) is 7.76. The minimum Gasteiger partial charge on any atom is -0.457 e. The Labute approximate surface area is 66.5 Å². The number of hydrogen-bond acceptors (Lipinski definition) is 2. The maximum Gasteiger partial charge on any atom is 0.417 e. The van der Waals surface area contributed by atoms with Crippen molar-refractivity contribution < 1.29 is 9.53 Å². The zero-order chi connectivity index (χ0) is 7.66. The number of ether oxygens (including phenoxy) is 1. The molecular weight excluding hydrogens is 152 g/mol. The fourth-order valence-electron chi connectivity index (χ4n) is 0.664. The van der Waals surface area contributed by atoms with Gasteiger partial charge < -0.3 is 4.74 Å². The van der Waals surface area contributed by atoms with E-state index in [1.807, 2.05) is 0 Å². The van der Waals surface area contributed by atoms with Gasteiger partial charge in [0.25, 0.3) is 0 Å². The van der Waals surface area contributed by atoms with Gasteiger partial charge >= 0.3 is 6.47 Å². The molecule has 0 saturated carbocycles. The second-order valence-electron chi connectivity index (χ2n) is 2.03. The van der Waals surface area contributed by atoms with Crippen molar-refractivity contribution >= 4 is 18.1 Å². The Kier molecular flexibility index (Phi) is 8.55. The maximum atomic E-state index is 9.53. The Morgan fingerprint density at radius 1 is 1.20 bits per heavy atom. The van der Waals surface area contributed by atoms with Gasteiger partial charge in [0, 0.05) is 5.88 Å². The molecule has 0 N–H and O–H groups in total. The van der Waals surface area contributed by atoms with Crippen molar-refractivity contribution in [1.29, 1.82) is 0 Å². The smallest absolute Gasteiger partial charge is 0.417 e. The van der Waals surface area contributed by atoms with E-state index in [9.17, 15) is 4.79 Å². The molecule has 0 aromatic rings. The number of hydrogen-bond donors (Lipinski definition) is 0. The maximum absolute atomic E-state index is 9.53. The minimum absolute atomic E-state index is 0.492. The molecule has 0 aromatic carbocycles. The summed E-state index contributed by atoms with van der Waals surface area (Å²) in [5, 5.41) is 0. The van der Waals surface area contributed by atoms with E-state index >= 15 is 0 Å². The van der Waals surface area contributed by atoms with Crippen molar-refractivity contribution in [2.24, 2.45) is 0 Å². The van der Waals surface area contributed by atoms with E-state index in [0.29, 0.717) is 6.61 Å². The molecule has 2 nitrogen and oxygen atoms in total. The molecule has 0 bridgehead atoms. The van der Waals surface area contributed by atoms with E-state index < -0.39 is 0 Å². The van der Waals surface area contributed by atoms with Crippen LogP contribution in [0.4, 0.5) is 0 Å². The van der Waals surface area contributed by atoms with Crippen LogP contribution >= 0.6 is 11.6 Å². The summed E-state index contributed by atoms with van der Waals surface area (Å²) in [6.07, 6.45) is 4.17. The van der Waals surface area contributed by atoms with Crippen LogP contribution in [-0.4, -0.2) is 19.0 Å². The summed E-state index contributed by atoms with van der Waals surface area (Å²) in [7, 11) is 0. The summed E-state index contributed by atoms with van der Waals surface area (Å²) in [6, 6.07) is 0. The third-order valence-electron chi connectivity index (χ3n) is 1.19. The Balaban J connectivity index is 2.70. The highest BCUT2D eigenvalue weighted by Crippen LogP contribution is 2.00. The summed E-state index contributed by atoms with van der Waals surface area (Å²) in [4.78, 5) is 9.53. The molecule has 0 aliphatic heterocycles. The van der Waals surface area contributed by atoms with Crippen molar-refractivity contribution in [2.75, 3.05) is 12.5 Å². The fraction of sp³-hybridized carbons (Fsp3) is 0.857. The van der Waals surface area contributed by atoms with E-state index in [1.165, 1.54) is 6.47 Å². The quantitative estimate of drug-likeness (QED) is 0.423. The highest BCUT2D eigenvalue weighted by molar-refractivity contribution is 6.17. The zero-order valence-corrected chi connectivity index (χ0v) is 6.69. The van der Waals surface area contributed by atoms with Gasteiger partial charge in [0.2, 0.25) is 0 Å². The average Bonchev–Trinajstić information content (AvgIpc) is 1.97. The molecule has 0 aromatic heterocycles. The number of unbranched alkanes of at least 4 members (excludes halogenated alkanes) is 3. The molecular formula is C7H12ClO2. The molecule has 0 atom stereocenters. The summed E-state index contributed by atoms with van der Waals surface area (Å²) >= 11 is 5.45. The molecule has 3 heteroatoms. The molecule has 0 spiro atoms. The lowest BCUT2D eigenvalue weighted by atomic mass is 10.2. The Morgan fingerprint density at radius 2 is 1.90 bits per heavy atom. The van der Waals surface area contributed by atoms with Gasteiger partial charge in [0.1, 0.15) is 0 Å². The topological polar surface area (TPSA) is 26.3 Å². The Bertz CT molecular complexity index is 76.0. The van der Waals surface area contributed by atoms with Crippen LogP contribution in [0.3, 0.4) is 0 Å². The van der Waals surface area contributed by atoms with E-state index in [1.54, 1.807) is 0 Å². The lowest BCUT2D eigenvalue weighted by Gasteiger charge is -1.96. The molecule has 59 valence electrons. The standard InChI is InChI=1S/C7H12ClO2/c8-5-3-1-2-4-6-10-7-9/h1-6H2. The van der Waals surface area contributed by atoms with E-state index in [2.05, 4.69) is 4.74 Å². The largest absolute Gasteiger partial charge is 0.457 e. The molecule has 0 unspecified atom stereocenters. The first-order valence-corrected chi connectivity index (χ1v) is 4.00. The van der Waals surface area contributed by atoms with Gasteiger partial charge in [0.15, 0.2) is 0 Å². The van der Waals surface area contributed by atoms with Crippen molar-refractivity contribution in [3.05, 3.63) is 0 Å². The number of rotatable bonds is 7. The molecule has 1 radical (unpaired) electrons. The van der Waals surface area contributed by atoms with Crippen LogP contribution in [0.1, 0.15) is 25.7 Å². The Hall–Kier alpha value is -0.240. The van der Waals surface area contributed by atoms with E-state index in [4.69, 9.17) is 11.6 Å². The normalized spacial score (nSPS) is 9.30. The highest BCUT2D eigenvalue weighted by atomic mass is 35.5.